The Morgan fingerprint density at radius 3 is 2.70 bits per heavy atom. The number of carbonyl (C=O) groups excluding carboxylic acids is 1. The number of hydrogen-bond acceptors (Lipinski definition) is 5. The van der Waals surface area contributed by atoms with Crippen molar-refractivity contribution in [2.24, 2.45) is 5.10 Å². The number of hydrazone groups is 1. The Morgan fingerprint density at radius 2 is 2.00 bits per heavy atom. The number of phenolic OH excluding ortho intramolecular Hbond substituents is 1. The Bertz CT molecular complexity index is 730. The van der Waals surface area contributed by atoms with E-state index in [1.54, 1.807) is 54.7 Å². The van der Waals surface area contributed by atoms with Crippen LogP contribution >= 0.6 is 12.2 Å². The van der Waals surface area contributed by atoms with Crippen LogP contribution in [0.2, 0.25) is 0 Å². The van der Waals surface area contributed by atoms with Gasteiger partial charge in [0.2, 0.25) is 0 Å². The molecule has 0 aromatic heterocycles. The van der Waals surface area contributed by atoms with Crippen LogP contribution < -0.4 is 10.7 Å². The SMILES string of the molecule is COC(=O)c1cccc(NC(=S)N/N=C\c2ccc(O)cc2)c1. The zero-order chi connectivity index (χ0) is 16.7. The lowest BCUT2D eigenvalue weighted by molar-refractivity contribution is 0.0601. The third-order valence-electron chi connectivity index (χ3n) is 2.81. The van der Waals surface area contributed by atoms with Crippen molar-refractivity contribution in [3.63, 3.8) is 0 Å². The van der Waals surface area contributed by atoms with E-state index in [-0.39, 0.29) is 10.9 Å². The first kappa shape index (κ1) is 16.4. The first-order valence-corrected chi connectivity index (χ1v) is 7.07. The number of rotatable bonds is 4. The van der Waals surface area contributed by atoms with Gasteiger partial charge >= 0.3 is 5.97 Å². The van der Waals surface area contributed by atoms with Crippen molar-refractivity contribution in [1.82, 2.24) is 5.43 Å². The second-order valence-electron chi connectivity index (χ2n) is 4.49. The second-order valence-corrected chi connectivity index (χ2v) is 4.90. The molecule has 23 heavy (non-hydrogen) atoms. The summed E-state index contributed by atoms with van der Waals surface area (Å²) in [6.07, 6.45) is 1.57. The molecule has 0 aliphatic rings. The highest BCUT2D eigenvalue weighted by molar-refractivity contribution is 7.80. The molecular formula is C16H15N3O3S. The molecule has 0 aliphatic carbocycles. The van der Waals surface area contributed by atoms with Crippen LogP contribution in [-0.4, -0.2) is 29.5 Å². The fraction of sp³-hybridized carbons (Fsp3) is 0.0625. The van der Waals surface area contributed by atoms with Gasteiger partial charge in [-0.05, 0) is 60.2 Å². The maximum atomic E-state index is 11.5. The van der Waals surface area contributed by atoms with E-state index in [0.717, 1.165) is 5.56 Å². The molecule has 0 radical (unpaired) electrons. The van der Waals surface area contributed by atoms with Gasteiger partial charge in [0.1, 0.15) is 5.75 Å². The molecule has 0 atom stereocenters. The maximum Gasteiger partial charge on any atom is 0.337 e. The molecule has 2 aromatic carbocycles. The van der Waals surface area contributed by atoms with Gasteiger partial charge in [0.15, 0.2) is 5.11 Å². The molecule has 2 aromatic rings. The van der Waals surface area contributed by atoms with Crippen LogP contribution in [0.4, 0.5) is 5.69 Å². The summed E-state index contributed by atoms with van der Waals surface area (Å²) in [6.45, 7) is 0. The van der Waals surface area contributed by atoms with Gasteiger partial charge in [-0.25, -0.2) is 4.79 Å². The maximum absolute atomic E-state index is 11.5. The largest absolute Gasteiger partial charge is 0.508 e. The van der Waals surface area contributed by atoms with Crippen molar-refractivity contribution in [3.05, 3.63) is 59.7 Å². The first-order valence-electron chi connectivity index (χ1n) is 6.66. The van der Waals surface area contributed by atoms with E-state index < -0.39 is 5.97 Å². The van der Waals surface area contributed by atoms with Crippen molar-refractivity contribution in [1.29, 1.82) is 0 Å². The number of aromatic hydroxyl groups is 1. The highest BCUT2D eigenvalue weighted by Gasteiger charge is 2.06. The second kappa shape index (κ2) is 7.90. The van der Waals surface area contributed by atoms with Crippen LogP contribution in [0.25, 0.3) is 0 Å². The summed E-state index contributed by atoms with van der Waals surface area (Å²) in [7, 11) is 1.33. The van der Waals surface area contributed by atoms with Crippen LogP contribution in [0.1, 0.15) is 15.9 Å². The predicted octanol–water partition coefficient (Wildman–Crippen LogP) is 2.50. The van der Waals surface area contributed by atoms with Crippen molar-refractivity contribution >= 4 is 35.2 Å². The summed E-state index contributed by atoms with van der Waals surface area (Å²) in [5, 5.41) is 16.4. The number of benzene rings is 2. The number of thiocarbonyl (C=S) groups is 1. The van der Waals surface area contributed by atoms with Crippen molar-refractivity contribution in [2.45, 2.75) is 0 Å². The lowest BCUT2D eigenvalue weighted by Gasteiger charge is -2.08. The number of esters is 1. The first-order chi connectivity index (χ1) is 11.1. The summed E-state index contributed by atoms with van der Waals surface area (Å²) in [4.78, 5) is 11.5. The molecule has 0 fully saturated rings. The Kier molecular flexibility index (Phi) is 5.65. The third-order valence-corrected chi connectivity index (χ3v) is 3.01. The molecule has 0 unspecified atom stereocenters. The fourth-order valence-corrected chi connectivity index (χ4v) is 1.90. The van der Waals surface area contributed by atoms with Gasteiger partial charge in [0.25, 0.3) is 0 Å². The molecular weight excluding hydrogens is 314 g/mol. The van der Waals surface area contributed by atoms with Crippen LogP contribution in [0.3, 0.4) is 0 Å². The van der Waals surface area contributed by atoms with Crippen LogP contribution in [0, 0.1) is 0 Å². The molecule has 3 N–H and O–H groups in total. The molecule has 0 bridgehead atoms. The molecule has 2 rings (SSSR count). The minimum Gasteiger partial charge on any atom is -0.508 e. The van der Waals surface area contributed by atoms with E-state index >= 15 is 0 Å². The van der Waals surface area contributed by atoms with Gasteiger partial charge in [0.05, 0.1) is 18.9 Å². The molecule has 7 heteroatoms. The highest BCUT2D eigenvalue weighted by atomic mass is 32.1. The van der Waals surface area contributed by atoms with Gasteiger partial charge in [-0.15, -0.1) is 0 Å². The summed E-state index contributed by atoms with van der Waals surface area (Å²) in [5.74, 6) is -0.226. The number of anilines is 1. The third kappa shape index (κ3) is 5.08. The summed E-state index contributed by atoms with van der Waals surface area (Å²) >= 11 is 5.12. The summed E-state index contributed by atoms with van der Waals surface area (Å²) in [6, 6.07) is 13.3. The fourth-order valence-electron chi connectivity index (χ4n) is 1.73. The summed E-state index contributed by atoms with van der Waals surface area (Å²) < 4.78 is 4.66. The Labute approximate surface area is 138 Å². The smallest absolute Gasteiger partial charge is 0.337 e. The van der Waals surface area contributed by atoms with Crippen molar-refractivity contribution in [3.8, 4) is 5.75 Å². The quantitative estimate of drug-likeness (QED) is 0.346. The number of methoxy groups -OCH3 is 1. The van der Waals surface area contributed by atoms with E-state index in [4.69, 9.17) is 12.2 Å². The number of phenols is 1. The molecule has 6 nitrogen and oxygen atoms in total. The van der Waals surface area contributed by atoms with Gasteiger partial charge in [-0.2, -0.15) is 5.10 Å². The van der Waals surface area contributed by atoms with Crippen molar-refractivity contribution in [2.75, 3.05) is 12.4 Å². The Hall–Kier alpha value is -2.93. The zero-order valence-electron chi connectivity index (χ0n) is 12.3. The van der Waals surface area contributed by atoms with E-state index in [0.29, 0.717) is 11.3 Å². The van der Waals surface area contributed by atoms with Crippen LogP contribution in [-0.2, 0) is 4.74 Å². The lowest BCUT2D eigenvalue weighted by atomic mass is 10.2. The Morgan fingerprint density at radius 1 is 1.26 bits per heavy atom. The van der Waals surface area contributed by atoms with Crippen molar-refractivity contribution < 1.29 is 14.6 Å². The molecule has 0 spiro atoms. The lowest BCUT2D eigenvalue weighted by Crippen LogP contribution is -2.24. The van der Waals surface area contributed by atoms with E-state index in [1.807, 2.05) is 0 Å². The average Bonchev–Trinajstić information content (AvgIpc) is 2.56. The number of nitrogens with zero attached hydrogens (tertiary/aromatic N) is 1. The van der Waals surface area contributed by atoms with Crippen LogP contribution in [0.15, 0.2) is 53.6 Å². The van der Waals surface area contributed by atoms with E-state index in [9.17, 15) is 9.90 Å². The monoisotopic (exact) mass is 329 g/mol. The molecule has 0 amide bonds. The number of carbonyl (C=O) groups is 1. The standard InChI is InChI=1S/C16H15N3O3S/c1-22-15(21)12-3-2-4-13(9-12)18-16(23)19-17-10-11-5-7-14(20)8-6-11/h2-10,20H,1H3,(H2,18,19,23)/b17-10-. The number of hydrogen-bond donors (Lipinski definition) is 3. The zero-order valence-corrected chi connectivity index (χ0v) is 13.1. The highest BCUT2D eigenvalue weighted by Crippen LogP contribution is 2.11. The number of nitrogens with one attached hydrogen (secondary N) is 2. The van der Waals surface area contributed by atoms with Crippen LogP contribution in [0.5, 0.6) is 5.75 Å². The predicted molar refractivity (Wildman–Crippen MR) is 92.8 cm³/mol. The average molecular weight is 329 g/mol. The summed E-state index contributed by atoms with van der Waals surface area (Å²) in [5.41, 5.74) is 4.55. The van der Waals surface area contributed by atoms with Gasteiger partial charge in [-0.1, -0.05) is 6.07 Å². The normalized spacial score (nSPS) is 10.3. The molecule has 118 valence electrons. The molecule has 0 saturated heterocycles. The number of ether oxygens (including phenoxy) is 1. The Balaban J connectivity index is 1.92. The minimum absolute atomic E-state index is 0.192. The van der Waals surface area contributed by atoms with E-state index in [2.05, 4.69) is 20.6 Å². The van der Waals surface area contributed by atoms with E-state index in [1.165, 1.54) is 7.11 Å². The molecule has 0 heterocycles. The molecule has 0 aliphatic heterocycles. The van der Waals surface area contributed by atoms with Gasteiger partial charge in [0, 0.05) is 5.69 Å². The topological polar surface area (TPSA) is 83.0 Å². The van der Waals surface area contributed by atoms with Gasteiger partial charge in [-0.3, -0.25) is 5.43 Å². The minimum atomic E-state index is -0.419. The van der Waals surface area contributed by atoms with Gasteiger partial charge < -0.3 is 15.2 Å². The molecule has 0 saturated carbocycles.